The molecule has 1 amide bonds. The van der Waals surface area contributed by atoms with Gasteiger partial charge in [0.15, 0.2) is 0 Å². The van der Waals surface area contributed by atoms with E-state index in [1.165, 1.54) is 0 Å². The molecule has 2 aromatic heterocycles. The third kappa shape index (κ3) is 2.22. The van der Waals surface area contributed by atoms with Crippen LogP contribution >= 0.6 is 27.3 Å². The van der Waals surface area contributed by atoms with Crippen molar-refractivity contribution in [2.75, 3.05) is 5.73 Å². The molecule has 0 radical (unpaired) electrons. The summed E-state index contributed by atoms with van der Waals surface area (Å²) in [5.74, 6) is -0.415. The SMILES string of the molecule is Nc1nonc1C(=O)NCc1sccc1Br. The van der Waals surface area contributed by atoms with Crippen molar-refractivity contribution in [2.45, 2.75) is 6.54 Å². The molecule has 2 rings (SSSR count). The summed E-state index contributed by atoms with van der Waals surface area (Å²) in [6.07, 6.45) is 0. The van der Waals surface area contributed by atoms with Crippen LogP contribution in [0.15, 0.2) is 20.5 Å². The lowest BCUT2D eigenvalue weighted by molar-refractivity contribution is 0.0942. The van der Waals surface area contributed by atoms with E-state index in [4.69, 9.17) is 5.73 Å². The molecule has 0 bridgehead atoms. The minimum Gasteiger partial charge on any atom is -0.379 e. The molecule has 0 saturated heterocycles. The van der Waals surface area contributed by atoms with Gasteiger partial charge in [0, 0.05) is 9.35 Å². The van der Waals surface area contributed by atoms with Crippen molar-refractivity contribution in [2.24, 2.45) is 0 Å². The Morgan fingerprint density at radius 3 is 3.00 bits per heavy atom. The zero-order valence-corrected chi connectivity index (χ0v) is 10.3. The largest absolute Gasteiger partial charge is 0.379 e. The number of carbonyl (C=O) groups excluding carboxylic acids is 1. The summed E-state index contributed by atoms with van der Waals surface area (Å²) in [5, 5.41) is 11.3. The molecule has 2 heterocycles. The maximum atomic E-state index is 11.6. The molecule has 84 valence electrons. The first-order valence-corrected chi connectivity index (χ1v) is 5.94. The predicted molar refractivity (Wildman–Crippen MR) is 61.9 cm³/mol. The zero-order valence-electron chi connectivity index (χ0n) is 7.94. The van der Waals surface area contributed by atoms with Gasteiger partial charge in [-0.1, -0.05) is 0 Å². The molecule has 0 spiro atoms. The van der Waals surface area contributed by atoms with Crippen molar-refractivity contribution in [1.82, 2.24) is 15.6 Å². The van der Waals surface area contributed by atoms with Crippen LogP contribution in [0.4, 0.5) is 5.82 Å². The van der Waals surface area contributed by atoms with E-state index in [2.05, 4.69) is 36.2 Å². The molecule has 2 aromatic rings. The summed E-state index contributed by atoms with van der Waals surface area (Å²) < 4.78 is 5.30. The summed E-state index contributed by atoms with van der Waals surface area (Å²) in [6, 6.07) is 1.91. The van der Waals surface area contributed by atoms with Crippen LogP contribution in [0.1, 0.15) is 15.4 Å². The number of nitrogens with one attached hydrogen (secondary N) is 1. The van der Waals surface area contributed by atoms with Gasteiger partial charge in [-0.05, 0) is 37.7 Å². The van der Waals surface area contributed by atoms with Crippen LogP contribution in [0, 0.1) is 0 Å². The first-order chi connectivity index (χ1) is 7.68. The van der Waals surface area contributed by atoms with E-state index in [0.717, 1.165) is 9.35 Å². The average molecular weight is 303 g/mol. The van der Waals surface area contributed by atoms with Gasteiger partial charge >= 0.3 is 0 Å². The fraction of sp³-hybridized carbons (Fsp3) is 0.125. The quantitative estimate of drug-likeness (QED) is 0.894. The van der Waals surface area contributed by atoms with Crippen molar-refractivity contribution in [3.05, 3.63) is 26.5 Å². The van der Waals surface area contributed by atoms with Crippen LogP contribution in [-0.4, -0.2) is 16.2 Å². The van der Waals surface area contributed by atoms with Crippen LogP contribution < -0.4 is 11.1 Å². The number of thiophene rings is 1. The Kier molecular flexibility index (Phi) is 3.20. The molecule has 0 atom stereocenters. The summed E-state index contributed by atoms with van der Waals surface area (Å²) in [5.41, 5.74) is 5.39. The minimum absolute atomic E-state index is 0.00711. The minimum atomic E-state index is -0.404. The Hall–Kier alpha value is -1.41. The molecule has 0 unspecified atom stereocenters. The topological polar surface area (TPSA) is 94.0 Å². The lowest BCUT2D eigenvalue weighted by Gasteiger charge is -2.01. The van der Waals surface area contributed by atoms with E-state index in [-0.39, 0.29) is 11.5 Å². The molecular formula is C8H7BrN4O2S. The number of carbonyl (C=O) groups is 1. The lowest BCUT2D eigenvalue weighted by Crippen LogP contribution is -2.23. The molecule has 0 fully saturated rings. The van der Waals surface area contributed by atoms with E-state index in [1.54, 1.807) is 11.3 Å². The van der Waals surface area contributed by atoms with Gasteiger partial charge in [0.1, 0.15) is 0 Å². The van der Waals surface area contributed by atoms with E-state index in [1.807, 2.05) is 11.4 Å². The van der Waals surface area contributed by atoms with E-state index < -0.39 is 5.91 Å². The number of rotatable bonds is 3. The van der Waals surface area contributed by atoms with E-state index in [0.29, 0.717) is 6.54 Å². The maximum Gasteiger partial charge on any atom is 0.277 e. The second kappa shape index (κ2) is 4.62. The third-order valence-electron chi connectivity index (χ3n) is 1.83. The number of amides is 1. The molecule has 0 aliphatic rings. The maximum absolute atomic E-state index is 11.6. The molecule has 8 heteroatoms. The van der Waals surface area contributed by atoms with E-state index >= 15 is 0 Å². The smallest absolute Gasteiger partial charge is 0.277 e. The van der Waals surface area contributed by atoms with Crippen LogP contribution in [0.3, 0.4) is 0 Å². The van der Waals surface area contributed by atoms with Crippen LogP contribution in [0.2, 0.25) is 0 Å². The van der Waals surface area contributed by atoms with Crippen LogP contribution in [-0.2, 0) is 6.54 Å². The Morgan fingerprint density at radius 2 is 2.44 bits per heavy atom. The van der Waals surface area contributed by atoms with Crippen molar-refractivity contribution in [3.8, 4) is 0 Å². The Morgan fingerprint density at radius 1 is 1.62 bits per heavy atom. The van der Waals surface area contributed by atoms with Gasteiger partial charge in [-0.25, -0.2) is 4.63 Å². The van der Waals surface area contributed by atoms with Crippen molar-refractivity contribution in [3.63, 3.8) is 0 Å². The summed E-state index contributed by atoms with van der Waals surface area (Å²) >= 11 is 4.91. The highest BCUT2D eigenvalue weighted by molar-refractivity contribution is 9.10. The Bertz CT molecular complexity index is 510. The van der Waals surface area contributed by atoms with Gasteiger partial charge in [-0.15, -0.1) is 11.3 Å². The van der Waals surface area contributed by atoms with Gasteiger partial charge in [-0.2, -0.15) is 0 Å². The fourth-order valence-corrected chi connectivity index (χ4v) is 2.48. The number of hydrogen-bond donors (Lipinski definition) is 2. The highest BCUT2D eigenvalue weighted by atomic mass is 79.9. The summed E-state index contributed by atoms with van der Waals surface area (Å²) in [6.45, 7) is 0.406. The highest BCUT2D eigenvalue weighted by Gasteiger charge is 2.15. The van der Waals surface area contributed by atoms with Crippen molar-refractivity contribution in [1.29, 1.82) is 0 Å². The molecule has 16 heavy (non-hydrogen) atoms. The van der Waals surface area contributed by atoms with Gasteiger partial charge in [0.05, 0.1) is 6.54 Å². The molecule has 0 aromatic carbocycles. The molecule has 0 aliphatic carbocycles. The second-order valence-corrected chi connectivity index (χ2v) is 4.73. The Balaban J connectivity index is 1.99. The number of nitrogens with two attached hydrogens (primary N) is 1. The number of aromatic nitrogens is 2. The number of hydrogen-bond acceptors (Lipinski definition) is 6. The monoisotopic (exact) mass is 302 g/mol. The standard InChI is InChI=1S/C8H7BrN4O2S/c9-4-1-2-16-5(4)3-11-8(14)6-7(10)13-15-12-6/h1-2H,3H2,(H2,10,13)(H,11,14). The number of nitrogens with zero attached hydrogens (tertiary/aromatic N) is 2. The normalized spacial score (nSPS) is 10.3. The average Bonchev–Trinajstić information content (AvgIpc) is 2.84. The highest BCUT2D eigenvalue weighted by Crippen LogP contribution is 2.22. The van der Waals surface area contributed by atoms with Crippen LogP contribution in [0.25, 0.3) is 0 Å². The lowest BCUT2D eigenvalue weighted by atomic mass is 10.4. The predicted octanol–water partition coefficient (Wildman–Crippen LogP) is 1.41. The van der Waals surface area contributed by atoms with Gasteiger partial charge in [-0.3, -0.25) is 4.79 Å². The van der Waals surface area contributed by atoms with Crippen molar-refractivity contribution >= 4 is 39.0 Å². The Labute approximate surface area is 103 Å². The van der Waals surface area contributed by atoms with Gasteiger partial charge in [0.2, 0.25) is 11.5 Å². The number of anilines is 1. The first kappa shape index (κ1) is 11.1. The van der Waals surface area contributed by atoms with Gasteiger partial charge in [0.25, 0.3) is 5.91 Å². The number of halogens is 1. The molecule has 0 aliphatic heterocycles. The summed E-state index contributed by atoms with van der Waals surface area (Å²) in [4.78, 5) is 12.6. The summed E-state index contributed by atoms with van der Waals surface area (Å²) in [7, 11) is 0. The van der Waals surface area contributed by atoms with Crippen LogP contribution in [0.5, 0.6) is 0 Å². The number of nitrogen functional groups attached to an aromatic ring is 1. The first-order valence-electron chi connectivity index (χ1n) is 4.26. The third-order valence-corrected chi connectivity index (χ3v) is 3.76. The van der Waals surface area contributed by atoms with E-state index in [9.17, 15) is 4.79 Å². The molecule has 3 N–H and O–H groups in total. The second-order valence-electron chi connectivity index (χ2n) is 2.87. The molecule has 6 nitrogen and oxygen atoms in total. The fourth-order valence-electron chi connectivity index (χ4n) is 1.05. The van der Waals surface area contributed by atoms with Crippen molar-refractivity contribution < 1.29 is 9.42 Å². The van der Waals surface area contributed by atoms with Gasteiger partial charge < -0.3 is 11.1 Å². The zero-order chi connectivity index (χ0) is 11.5. The molecular weight excluding hydrogens is 296 g/mol. The molecule has 0 saturated carbocycles.